The van der Waals surface area contributed by atoms with Crippen molar-refractivity contribution in [2.75, 3.05) is 26.4 Å². The summed E-state index contributed by atoms with van der Waals surface area (Å²) in [6.07, 6.45) is -3.26. The van der Waals surface area contributed by atoms with E-state index < -0.39 is 49.3 Å². The zero-order valence-corrected chi connectivity index (χ0v) is 28.7. The molecule has 0 spiro atoms. The van der Waals surface area contributed by atoms with Gasteiger partial charge in [-0.15, -0.1) is 0 Å². The highest BCUT2D eigenvalue weighted by atomic mass is 16.7. The topological polar surface area (TPSA) is 164 Å². The number of benzene rings is 4. The third kappa shape index (κ3) is 7.80. The Kier molecular flexibility index (Phi) is 10.9. The lowest BCUT2D eigenvalue weighted by molar-refractivity contribution is -0.192. The lowest BCUT2D eigenvalue weighted by Gasteiger charge is -2.24. The molecule has 0 fully saturated rings. The zero-order chi connectivity index (χ0) is 36.8. The third-order valence-corrected chi connectivity index (χ3v) is 8.78. The molecule has 1 aliphatic carbocycles. The van der Waals surface area contributed by atoms with E-state index in [0.717, 1.165) is 0 Å². The highest BCUT2D eigenvalue weighted by molar-refractivity contribution is 5.89. The summed E-state index contributed by atoms with van der Waals surface area (Å²) in [6.45, 7) is 1.31. The van der Waals surface area contributed by atoms with E-state index in [1.54, 1.807) is 48.5 Å². The molecule has 0 aromatic heterocycles. The molecule has 52 heavy (non-hydrogen) atoms. The molecule has 2 aliphatic heterocycles. The SMILES string of the molecule is CCOC(=O)C1OC(=O)COc2c3cccc2Cc2cccc(c2O)Cc2cccc(c2OCC(=O)O[C@H]1C(=O)OCC)Cc1cccc(c1O)C3. The Morgan fingerprint density at radius 3 is 1.13 bits per heavy atom. The van der Waals surface area contributed by atoms with Gasteiger partial charge in [-0.05, 0) is 58.4 Å². The molecule has 270 valence electrons. The van der Waals surface area contributed by atoms with Crippen LogP contribution in [0, 0.1) is 0 Å². The summed E-state index contributed by atoms with van der Waals surface area (Å²) in [6, 6.07) is 21.6. The van der Waals surface area contributed by atoms with Crippen LogP contribution in [0.4, 0.5) is 0 Å². The van der Waals surface area contributed by atoms with Crippen molar-refractivity contribution in [2.45, 2.75) is 51.7 Å². The van der Waals surface area contributed by atoms with E-state index in [-0.39, 0.29) is 50.4 Å². The van der Waals surface area contributed by atoms with Gasteiger partial charge in [-0.25, -0.2) is 19.2 Å². The number of hydrogen-bond donors (Lipinski definition) is 2. The van der Waals surface area contributed by atoms with Gasteiger partial charge in [0.1, 0.15) is 23.0 Å². The summed E-state index contributed by atoms with van der Waals surface area (Å²) in [5.41, 5.74) is 4.79. The molecular weight excluding hydrogens is 672 g/mol. The van der Waals surface area contributed by atoms with Gasteiger partial charge in [-0.1, -0.05) is 72.8 Å². The van der Waals surface area contributed by atoms with Crippen molar-refractivity contribution in [2.24, 2.45) is 0 Å². The Hall–Kier alpha value is -6.04. The van der Waals surface area contributed by atoms with Crippen LogP contribution in [0.1, 0.15) is 58.4 Å². The number of phenols is 2. The number of fused-ring (bicyclic) bond motifs is 9. The quantitative estimate of drug-likeness (QED) is 0.153. The van der Waals surface area contributed by atoms with Crippen LogP contribution in [0.2, 0.25) is 0 Å². The lowest BCUT2D eigenvalue weighted by atomic mass is 9.91. The van der Waals surface area contributed by atoms with Gasteiger partial charge < -0.3 is 38.6 Å². The summed E-state index contributed by atoms with van der Waals surface area (Å²) >= 11 is 0. The van der Waals surface area contributed by atoms with E-state index in [1.807, 2.05) is 24.3 Å². The Morgan fingerprint density at radius 1 is 0.558 bits per heavy atom. The fourth-order valence-corrected chi connectivity index (χ4v) is 6.41. The van der Waals surface area contributed by atoms with Crippen LogP contribution in [0.5, 0.6) is 23.0 Å². The lowest BCUT2D eigenvalue weighted by Crippen LogP contribution is -2.48. The van der Waals surface area contributed by atoms with Crippen LogP contribution in [0.25, 0.3) is 0 Å². The monoisotopic (exact) mass is 710 g/mol. The third-order valence-electron chi connectivity index (χ3n) is 8.78. The van der Waals surface area contributed by atoms with Gasteiger partial charge in [0, 0.05) is 25.7 Å². The summed E-state index contributed by atoms with van der Waals surface area (Å²) < 4.78 is 33.4. The van der Waals surface area contributed by atoms with E-state index in [1.165, 1.54) is 13.8 Å². The molecule has 4 aromatic rings. The number of carbonyl (C=O) groups excluding carboxylic acids is 4. The van der Waals surface area contributed by atoms with E-state index in [4.69, 9.17) is 28.4 Å². The highest BCUT2D eigenvalue weighted by Gasteiger charge is 2.43. The van der Waals surface area contributed by atoms with Crippen LogP contribution in [0.15, 0.2) is 72.8 Å². The van der Waals surface area contributed by atoms with Gasteiger partial charge in [0.25, 0.3) is 0 Å². The van der Waals surface area contributed by atoms with E-state index in [9.17, 15) is 29.4 Å². The van der Waals surface area contributed by atoms with Crippen LogP contribution >= 0.6 is 0 Å². The molecule has 7 rings (SSSR count). The molecule has 3 aliphatic rings. The van der Waals surface area contributed by atoms with Gasteiger partial charge in [-0.3, -0.25) is 0 Å². The van der Waals surface area contributed by atoms with E-state index >= 15 is 0 Å². The largest absolute Gasteiger partial charge is 0.507 e. The number of para-hydroxylation sites is 4. The molecule has 1 unspecified atom stereocenters. The molecule has 10 bridgehead atoms. The Balaban J connectivity index is 1.56. The highest BCUT2D eigenvalue weighted by Crippen LogP contribution is 2.38. The molecule has 0 radical (unpaired) electrons. The number of aromatic hydroxyl groups is 2. The average molecular weight is 711 g/mol. The van der Waals surface area contributed by atoms with Gasteiger partial charge in [0.15, 0.2) is 13.2 Å². The fourth-order valence-electron chi connectivity index (χ4n) is 6.41. The Bertz CT molecular complexity index is 1770. The fraction of sp³-hybridized carbons (Fsp3) is 0.300. The molecule has 2 heterocycles. The van der Waals surface area contributed by atoms with Crippen molar-refractivity contribution < 1.29 is 57.8 Å². The van der Waals surface area contributed by atoms with Crippen molar-refractivity contribution in [1.82, 2.24) is 0 Å². The summed E-state index contributed by atoms with van der Waals surface area (Å²) in [5.74, 6) is -3.75. The van der Waals surface area contributed by atoms with Gasteiger partial charge in [0.2, 0.25) is 12.2 Å². The Labute approximate surface area is 299 Å². The number of esters is 4. The molecule has 4 aromatic carbocycles. The second kappa shape index (κ2) is 15.9. The molecule has 0 saturated carbocycles. The van der Waals surface area contributed by atoms with E-state index in [0.29, 0.717) is 56.0 Å². The first kappa shape index (κ1) is 35.8. The molecule has 12 heteroatoms. The van der Waals surface area contributed by atoms with Crippen LogP contribution < -0.4 is 9.47 Å². The van der Waals surface area contributed by atoms with Crippen molar-refractivity contribution >= 4 is 23.9 Å². The first-order valence-electron chi connectivity index (χ1n) is 17.0. The number of carbonyl (C=O) groups is 4. The maximum Gasteiger partial charge on any atom is 0.352 e. The summed E-state index contributed by atoms with van der Waals surface area (Å²) in [7, 11) is 0. The number of phenolic OH excluding ortho intramolecular Hbond substituents is 2. The van der Waals surface area contributed by atoms with Crippen molar-refractivity contribution in [3.8, 4) is 23.0 Å². The molecule has 0 amide bonds. The number of rotatable bonds is 4. The second-order valence-electron chi connectivity index (χ2n) is 12.3. The van der Waals surface area contributed by atoms with Crippen molar-refractivity contribution in [1.29, 1.82) is 0 Å². The minimum absolute atomic E-state index is 0.0523. The summed E-state index contributed by atoms with van der Waals surface area (Å²) in [5, 5.41) is 23.1. The van der Waals surface area contributed by atoms with Crippen LogP contribution in [-0.2, 0) is 63.8 Å². The van der Waals surface area contributed by atoms with Gasteiger partial charge in [0.05, 0.1) is 13.2 Å². The standard InChI is InChI=1S/C40H38O12/c1-3-47-39(45)37-38(40(46)48-4-2)52-32(42)22-50-36-29-15-8-16-30(36)20-26-12-6-10-24(34(26)44)18-28-14-7-13-27(35(28)49-21-31(41)51-37)17-23-9-5-11-25(19-29)33(23)43/h5-16,37-38,43-44H,3-4,17-22H2,1-2H3/t37-,38?/m1/s1. The molecule has 0 saturated heterocycles. The van der Waals surface area contributed by atoms with Gasteiger partial charge >= 0.3 is 23.9 Å². The minimum Gasteiger partial charge on any atom is -0.507 e. The number of hydrogen-bond acceptors (Lipinski definition) is 12. The van der Waals surface area contributed by atoms with Crippen molar-refractivity contribution in [3.05, 3.63) is 117 Å². The molecular formula is C40H38O12. The normalized spacial score (nSPS) is 17.3. The first-order chi connectivity index (χ1) is 25.2. The minimum atomic E-state index is -2.03. The van der Waals surface area contributed by atoms with E-state index in [2.05, 4.69) is 0 Å². The molecule has 12 nitrogen and oxygen atoms in total. The average Bonchev–Trinajstić information content (AvgIpc) is 3.12. The maximum absolute atomic E-state index is 13.4. The number of ether oxygens (including phenoxy) is 6. The van der Waals surface area contributed by atoms with Gasteiger partial charge in [-0.2, -0.15) is 0 Å². The van der Waals surface area contributed by atoms with Crippen LogP contribution in [0.3, 0.4) is 0 Å². The smallest absolute Gasteiger partial charge is 0.352 e. The molecule has 2 atom stereocenters. The van der Waals surface area contributed by atoms with Crippen molar-refractivity contribution in [3.63, 3.8) is 0 Å². The Morgan fingerprint density at radius 2 is 0.846 bits per heavy atom. The van der Waals surface area contributed by atoms with Crippen LogP contribution in [-0.4, -0.2) is 72.7 Å². The first-order valence-corrected chi connectivity index (χ1v) is 17.0. The molecule has 2 N–H and O–H groups in total. The zero-order valence-electron chi connectivity index (χ0n) is 28.7. The second-order valence-corrected chi connectivity index (χ2v) is 12.3. The predicted molar refractivity (Wildman–Crippen MR) is 184 cm³/mol. The summed E-state index contributed by atoms with van der Waals surface area (Å²) in [4.78, 5) is 53.1. The predicted octanol–water partition coefficient (Wildman–Crippen LogP) is 4.50. The maximum atomic E-state index is 13.4.